The molecule has 1 aromatic rings. The van der Waals surface area contributed by atoms with Crippen molar-refractivity contribution >= 4 is 6.09 Å². The van der Waals surface area contributed by atoms with Gasteiger partial charge in [0.1, 0.15) is 0 Å². The number of carbonyl (C=O) groups is 1. The molecule has 1 heterocycles. The van der Waals surface area contributed by atoms with E-state index in [1.54, 1.807) is 0 Å². The summed E-state index contributed by atoms with van der Waals surface area (Å²) in [6.45, 7) is 3.88. The van der Waals surface area contributed by atoms with E-state index >= 15 is 0 Å². The first kappa shape index (κ1) is 10.4. The number of aromatic nitrogens is 4. The van der Waals surface area contributed by atoms with Crippen LogP contribution in [-0.2, 0) is 4.74 Å². The molecule has 0 radical (unpaired) electrons. The molecule has 7 heteroatoms. The number of hydrogen-bond acceptors (Lipinski definition) is 5. The summed E-state index contributed by atoms with van der Waals surface area (Å²) in [5.74, 6) is 0.608. The Hall–Kier alpha value is -1.66. The van der Waals surface area contributed by atoms with Gasteiger partial charge in [0, 0.05) is 0 Å². The van der Waals surface area contributed by atoms with E-state index in [2.05, 4.69) is 30.7 Å². The molecule has 1 amide bonds. The predicted molar refractivity (Wildman–Crippen MR) is 47.3 cm³/mol. The fraction of sp³-hybridized carbons (Fsp3) is 0.714. The van der Waals surface area contributed by atoms with Crippen LogP contribution >= 0.6 is 0 Å². The van der Waals surface area contributed by atoms with E-state index in [1.807, 2.05) is 13.8 Å². The van der Waals surface area contributed by atoms with Crippen molar-refractivity contribution in [2.75, 3.05) is 7.11 Å². The second-order valence-corrected chi connectivity index (χ2v) is 3.13. The smallest absolute Gasteiger partial charge is 0.407 e. The zero-order chi connectivity index (χ0) is 10.6. The van der Waals surface area contributed by atoms with Gasteiger partial charge in [-0.2, -0.15) is 5.21 Å². The molecule has 1 unspecified atom stereocenters. The van der Waals surface area contributed by atoms with Gasteiger partial charge in [-0.05, 0) is 5.92 Å². The number of methoxy groups -OCH3 is 1. The average Bonchev–Trinajstić information content (AvgIpc) is 2.65. The van der Waals surface area contributed by atoms with Crippen LogP contribution in [0.3, 0.4) is 0 Å². The van der Waals surface area contributed by atoms with Crippen LogP contribution in [0.2, 0.25) is 0 Å². The zero-order valence-corrected chi connectivity index (χ0v) is 8.31. The second kappa shape index (κ2) is 4.54. The van der Waals surface area contributed by atoms with Crippen LogP contribution in [0, 0.1) is 5.92 Å². The highest BCUT2D eigenvalue weighted by atomic mass is 16.5. The molecule has 0 bridgehead atoms. The van der Waals surface area contributed by atoms with Gasteiger partial charge in [-0.1, -0.05) is 19.1 Å². The number of nitrogens with one attached hydrogen (secondary N) is 2. The number of tetrazole rings is 1. The molecule has 1 rings (SSSR count). The summed E-state index contributed by atoms with van der Waals surface area (Å²) in [5, 5.41) is 16.0. The van der Waals surface area contributed by atoms with E-state index in [9.17, 15) is 4.79 Å². The standard InChI is InChI=1S/C7H13N5O2/c1-4(2)5(8-7(13)14-3)6-9-11-12-10-6/h4-5H,1-3H3,(H,8,13)(H,9,10,11,12). The number of nitrogens with zero attached hydrogens (tertiary/aromatic N) is 3. The number of carbonyl (C=O) groups excluding carboxylic acids is 1. The summed E-state index contributed by atoms with van der Waals surface area (Å²) in [7, 11) is 1.31. The molecule has 1 atom stereocenters. The van der Waals surface area contributed by atoms with E-state index in [0.29, 0.717) is 5.82 Å². The summed E-state index contributed by atoms with van der Waals surface area (Å²) < 4.78 is 4.49. The average molecular weight is 199 g/mol. The fourth-order valence-electron chi connectivity index (χ4n) is 1.02. The monoisotopic (exact) mass is 199 g/mol. The minimum atomic E-state index is -0.506. The van der Waals surface area contributed by atoms with E-state index < -0.39 is 6.09 Å². The topological polar surface area (TPSA) is 92.8 Å². The molecule has 0 aromatic carbocycles. The molecule has 0 saturated heterocycles. The lowest BCUT2D eigenvalue weighted by Crippen LogP contribution is -2.32. The first-order valence-corrected chi connectivity index (χ1v) is 4.23. The van der Waals surface area contributed by atoms with Gasteiger partial charge in [-0.3, -0.25) is 0 Å². The lowest BCUT2D eigenvalue weighted by molar-refractivity contribution is 0.162. The van der Waals surface area contributed by atoms with Crippen LogP contribution in [0.5, 0.6) is 0 Å². The van der Waals surface area contributed by atoms with Crippen LogP contribution in [0.4, 0.5) is 4.79 Å². The van der Waals surface area contributed by atoms with Crippen molar-refractivity contribution in [3.8, 4) is 0 Å². The second-order valence-electron chi connectivity index (χ2n) is 3.13. The minimum Gasteiger partial charge on any atom is -0.453 e. The van der Waals surface area contributed by atoms with Crippen molar-refractivity contribution in [1.82, 2.24) is 25.9 Å². The minimum absolute atomic E-state index is 0.159. The van der Waals surface area contributed by atoms with E-state index in [0.717, 1.165) is 0 Å². The van der Waals surface area contributed by atoms with Crippen LogP contribution in [0.25, 0.3) is 0 Å². The van der Waals surface area contributed by atoms with E-state index in [1.165, 1.54) is 7.11 Å². The molecule has 0 aliphatic rings. The quantitative estimate of drug-likeness (QED) is 0.728. The van der Waals surface area contributed by atoms with Crippen LogP contribution < -0.4 is 5.32 Å². The first-order valence-electron chi connectivity index (χ1n) is 4.23. The van der Waals surface area contributed by atoms with Gasteiger partial charge in [0.2, 0.25) is 0 Å². The molecule has 7 nitrogen and oxygen atoms in total. The van der Waals surface area contributed by atoms with Crippen LogP contribution in [0.1, 0.15) is 25.7 Å². The van der Waals surface area contributed by atoms with Crippen molar-refractivity contribution in [3.05, 3.63) is 5.82 Å². The maximum absolute atomic E-state index is 11.0. The van der Waals surface area contributed by atoms with Gasteiger partial charge in [-0.25, -0.2) is 4.79 Å². The third-order valence-electron chi connectivity index (χ3n) is 1.77. The summed E-state index contributed by atoms with van der Waals surface area (Å²) in [5.41, 5.74) is 0. The zero-order valence-electron chi connectivity index (χ0n) is 8.31. The Kier molecular flexibility index (Phi) is 3.38. The Morgan fingerprint density at radius 1 is 1.57 bits per heavy atom. The van der Waals surface area contributed by atoms with Gasteiger partial charge < -0.3 is 10.1 Å². The molecule has 0 spiro atoms. The van der Waals surface area contributed by atoms with Gasteiger partial charge in [0.15, 0.2) is 5.82 Å². The molecule has 0 fully saturated rings. The lowest BCUT2D eigenvalue weighted by atomic mass is 10.0. The molecule has 2 N–H and O–H groups in total. The number of alkyl carbamates (subject to hydrolysis) is 1. The highest BCUT2D eigenvalue weighted by Crippen LogP contribution is 2.16. The largest absolute Gasteiger partial charge is 0.453 e. The Morgan fingerprint density at radius 2 is 2.29 bits per heavy atom. The molecule has 14 heavy (non-hydrogen) atoms. The normalized spacial score (nSPS) is 12.6. The molecular weight excluding hydrogens is 186 g/mol. The molecule has 1 aromatic heterocycles. The number of rotatable bonds is 3. The number of amides is 1. The predicted octanol–water partition coefficient (Wildman–Crippen LogP) is 0.253. The SMILES string of the molecule is COC(=O)NC(c1nn[nH]n1)C(C)C. The van der Waals surface area contributed by atoms with Crippen LogP contribution in [0.15, 0.2) is 0 Å². The van der Waals surface area contributed by atoms with Crippen molar-refractivity contribution in [3.63, 3.8) is 0 Å². The lowest BCUT2D eigenvalue weighted by Gasteiger charge is -2.17. The molecule has 78 valence electrons. The summed E-state index contributed by atoms with van der Waals surface area (Å²) in [4.78, 5) is 11.0. The van der Waals surface area contributed by atoms with Gasteiger partial charge in [0.25, 0.3) is 0 Å². The van der Waals surface area contributed by atoms with Crippen molar-refractivity contribution in [1.29, 1.82) is 0 Å². The molecule has 0 aliphatic carbocycles. The third kappa shape index (κ3) is 2.41. The molecular formula is C7H13N5O2. The maximum atomic E-state index is 11.0. The number of hydrogen-bond donors (Lipinski definition) is 2. The van der Waals surface area contributed by atoms with Crippen molar-refractivity contribution in [2.45, 2.75) is 19.9 Å². The highest BCUT2D eigenvalue weighted by Gasteiger charge is 2.22. The van der Waals surface area contributed by atoms with Gasteiger partial charge in [-0.15, -0.1) is 10.2 Å². The molecule has 0 aliphatic heterocycles. The Labute approximate surface area is 81.2 Å². The van der Waals surface area contributed by atoms with Crippen molar-refractivity contribution in [2.24, 2.45) is 5.92 Å². The highest BCUT2D eigenvalue weighted by molar-refractivity contribution is 5.67. The summed E-state index contributed by atoms with van der Waals surface area (Å²) in [6, 6.07) is -0.291. The Balaban J connectivity index is 2.70. The number of aromatic amines is 1. The molecule has 0 saturated carbocycles. The van der Waals surface area contributed by atoms with Crippen molar-refractivity contribution < 1.29 is 9.53 Å². The Morgan fingerprint density at radius 3 is 2.71 bits per heavy atom. The van der Waals surface area contributed by atoms with Gasteiger partial charge in [0.05, 0.1) is 13.2 Å². The summed E-state index contributed by atoms with van der Waals surface area (Å²) >= 11 is 0. The Bertz CT molecular complexity index is 284. The fourth-order valence-corrected chi connectivity index (χ4v) is 1.02. The third-order valence-corrected chi connectivity index (χ3v) is 1.77. The van der Waals surface area contributed by atoms with Crippen LogP contribution in [-0.4, -0.2) is 33.8 Å². The number of ether oxygens (including phenoxy) is 1. The van der Waals surface area contributed by atoms with E-state index in [4.69, 9.17) is 0 Å². The van der Waals surface area contributed by atoms with Gasteiger partial charge >= 0.3 is 6.09 Å². The summed E-state index contributed by atoms with van der Waals surface area (Å²) in [6.07, 6.45) is -0.506. The van der Waals surface area contributed by atoms with E-state index in [-0.39, 0.29) is 12.0 Å². The number of H-pyrrole nitrogens is 1. The first-order chi connectivity index (χ1) is 6.65. The maximum Gasteiger partial charge on any atom is 0.407 e.